The van der Waals surface area contributed by atoms with Gasteiger partial charge in [-0.05, 0) is 6.07 Å². The van der Waals surface area contributed by atoms with Gasteiger partial charge in [0.1, 0.15) is 10.9 Å². The van der Waals surface area contributed by atoms with E-state index in [1.165, 1.54) is 16.7 Å². The molecule has 1 aromatic rings. The minimum absolute atomic E-state index is 0.0481. The number of piperazine rings is 1. The monoisotopic (exact) mass is 337 g/mol. The van der Waals surface area contributed by atoms with Gasteiger partial charge in [0.25, 0.3) is 0 Å². The maximum atomic E-state index is 12.3. The molecule has 0 aromatic carbocycles. The molecule has 0 aliphatic carbocycles. The number of hydrogen-bond acceptors (Lipinski definition) is 7. The van der Waals surface area contributed by atoms with Crippen LogP contribution in [0.15, 0.2) is 18.5 Å². The summed E-state index contributed by atoms with van der Waals surface area (Å²) in [5, 5.41) is 0. The van der Waals surface area contributed by atoms with E-state index in [2.05, 4.69) is 9.97 Å². The van der Waals surface area contributed by atoms with Gasteiger partial charge in [-0.2, -0.15) is 0 Å². The molecule has 0 N–H and O–H groups in total. The molecule has 1 aromatic heterocycles. The Labute approximate surface area is 137 Å². The number of thiocarbonyl (C=S) groups is 1. The Morgan fingerprint density at radius 3 is 2.50 bits per heavy atom. The Hall–Kier alpha value is -1.74. The topological polar surface area (TPSA) is 69.6 Å². The van der Waals surface area contributed by atoms with Crippen molar-refractivity contribution in [1.29, 1.82) is 0 Å². The van der Waals surface area contributed by atoms with Crippen LogP contribution >= 0.6 is 24.0 Å². The molecule has 0 unspecified atom stereocenters. The van der Waals surface area contributed by atoms with Crippen LogP contribution in [0.3, 0.4) is 0 Å². The summed E-state index contributed by atoms with van der Waals surface area (Å²) in [6, 6.07) is 1.78. The lowest BCUT2D eigenvalue weighted by molar-refractivity contribution is -0.136. The van der Waals surface area contributed by atoms with Gasteiger partial charge in [0.05, 0.1) is 5.75 Å². The third-order valence-electron chi connectivity index (χ3n) is 3.60. The van der Waals surface area contributed by atoms with Crippen LogP contribution in [0, 0.1) is 0 Å². The number of rotatable bonds is 3. The van der Waals surface area contributed by atoms with E-state index in [-0.39, 0.29) is 18.4 Å². The van der Waals surface area contributed by atoms with Crippen molar-refractivity contribution in [2.75, 3.05) is 43.4 Å². The van der Waals surface area contributed by atoms with Gasteiger partial charge in [0.2, 0.25) is 17.8 Å². The van der Waals surface area contributed by atoms with Crippen LogP contribution in [-0.2, 0) is 9.59 Å². The van der Waals surface area contributed by atoms with Crippen molar-refractivity contribution in [3.8, 4) is 0 Å². The zero-order chi connectivity index (χ0) is 15.5. The molecule has 3 heterocycles. The fraction of sp³-hybridized carbons (Fsp3) is 0.462. The molecule has 0 spiro atoms. The molecular formula is C13H15N5O2S2. The van der Waals surface area contributed by atoms with Crippen molar-refractivity contribution in [3.05, 3.63) is 18.5 Å². The minimum Gasteiger partial charge on any atom is -0.338 e. The zero-order valence-corrected chi connectivity index (χ0v) is 13.5. The number of carbonyl (C=O) groups excluding carboxylic acids is 2. The highest BCUT2D eigenvalue weighted by Crippen LogP contribution is 2.19. The van der Waals surface area contributed by atoms with Crippen molar-refractivity contribution < 1.29 is 9.59 Å². The zero-order valence-electron chi connectivity index (χ0n) is 11.8. The average molecular weight is 337 g/mol. The van der Waals surface area contributed by atoms with Crippen LogP contribution in [0.2, 0.25) is 0 Å². The molecule has 3 rings (SSSR count). The first-order valence-electron chi connectivity index (χ1n) is 6.92. The Bertz CT molecular complexity index is 573. The van der Waals surface area contributed by atoms with E-state index in [0.29, 0.717) is 42.2 Å². The van der Waals surface area contributed by atoms with Crippen LogP contribution < -0.4 is 4.90 Å². The highest BCUT2D eigenvalue weighted by atomic mass is 32.2. The van der Waals surface area contributed by atoms with E-state index >= 15 is 0 Å². The quantitative estimate of drug-likeness (QED) is 0.718. The summed E-state index contributed by atoms with van der Waals surface area (Å²) in [6.45, 7) is 2.61. The van der Waals surface area contributed by atoms with E-state index in [9.17, 15) is 9.59 Å². The van der Waals surface area contributed by atoms with Crippen molar-refractivity contribution in [1.82, 2.24) is 19.8 Å². The summed E-state index contributed by atoms with van der Waals surface area (Å²) in [6.07, 6.45) is 3.41. The highest BCUT2D eigenvalue weighted by Gasteiger charge is 2.31. The second kappa shape index (κ2) is 6.57. The third kappa shape index (κ3) is 3.20. The van der Waals surface area contributed by atoms with Gasteiger partial charge >= 0.3 is 0 Å². The van der Waals surface area contributed by atoms with Gasteiger partial charge in [-0.3, -0.25) is 14.5 Å². The molecule has 2 aliphatic heterocycles. The molecule has 2 amide bonds. The van der Waals surface area contributed by atoms with Crippen LogP contribution in [0.25, 0.3) is 0 Å². The third-order valence-corrected chi connectivity index (χ3v) is 5.03. The summed E-state index contributed by atoms with van der Waals surface area (Å²) >= 11 is 6.40. The molecule has 22 heavy (non-hydrogen) atoms. The van der Waals surface area contributed by atoms with E-state index in [1.807, 2.05) is 4.90 Å². The number of anilines is 1. The van der Waals surface area contributed by atoms with Crippen LogP contribution in [0.1, 0.15) is 0 Å². The van der Waals surface area contributed by atoms with Crippen molar-refractivity contribution in [3.63, 3.8) is 0 Å². The molecule has 2 aliphatic rings. The summed E-state index contributed by atoms with van der Waals surface area (Å²) < 4.78 is 0.495. The average Bonchev–Trinajstić information content (AvgIpc) is 2.88. The van der Waals surface area contributed by atoms with E-state index in [1.54, 1.807) is 23.4 Å². The van der Waals surface area contributed by atoms with Crippen LogP contribution in [-0.4, -0.2) is 74.4 Å². The fourth-order valence-corrected chi connectivity index (χ4v) is 3.45. The molecule has 2 saturated heterocycles. The molecule has 0 bridgehead atoms. The highest BCUT2D eigenvalue weighted by molar-refractivity contribution is 8.23. The maximum Gasteiger partial charge on any atom is 0.242 e. The van der Waals surface area contributed by atoms with Gasteiger partial charge in [-0.1, -0.05) is 24.0 Å². The number of aromatic nitrogens is 2. The van der Waals surface area contributed by atoms with Crippen molar-refractivity contribution in [2.24, 2.45) is 0 Å². The Kier molecular flexibility index (Phi) is 4.53. The van der Waals surface area contributed by atoms with Crippen LogP contribution in [0.4, 0.5) is 5.95 Å². The van der Waals surface area contributed by atoms with E-state index in [4.69, 9.17) is 12.2 Å². The molecule has 7 nitrogen and oxygen atoms in total. The van der Waals surface area contributed by atoms with Gasteiger partial charge < -0.3 is 9.80 Å². The second-order valence-electron chi connectivity index (χ2n) is 4.95. The smallest absolute Gasteiger partial charge is 0.242 e. The van der Waals surface area contributed by atoms with E-state index in [0.717, 1.165) is 0 Å². The fourth-order valence-electron chi connectivity index (χ4n) is 2.38. The Balaban J connectivity index is 1.54. The lowest BCUT2D eigenvalue weighted by atomic mass is 10.3. The summed E-state index contributed by atoms with van der Waals surface area (Å²) in [7, 11) is 0. The molecular weight excluding hydrogens is 322 g/mol. The number of amides is 2. The molecule has 116 valence electrons. The lowest BCUT2D eigenvalue weighted by Crippen LogP contribution is -2.52. The van der Waals surface area contributed by atoms with Crippen LogP contribution in [0.5, 0.6) is 0 Å². The second-order valence-corrected chi connectivity index (χ2v) is 6.56. The first kappa shape index (κ1) is 15.2. The van der Waals surface area contributed by atoms with E-state index < -0.39 is 0 Å². The number of nitrogens with zero attached hydrogens (tertiary/aromatic N) is 5. The number of thioether (sulfide) groups is 1. The van der Waals surface area contributed by atoms with Gasteiger partial charge in [-0.15, -0.1) is 0 Å². The van der Waals surface area contributed by atoms with Gasteiger partial charge in [-0.25, -0.2) is 9.97 Å². The standard InChI is InChI=1S/C13H15N5O2S2/c19-10(8-18-11(20)9-22-13(18)21)16-4-6-17(7-5-16)12-14-2-1-3-15-12/h1-3H,4-9H2. The summed E-state index contributed by atoms with van der Waals surface area (Å²) in [5.41, 5.74) is 0. The normalized spacial score (nSPS) is 19.0. The first-order chi connectivity index (χ1) is 10.6. The predicted molar refractivity (Wildman–Crippen MR) is 87.6 cm³/mol. The number of carbonyl (C=O) groups is 2. The SMILES string of the molecule is O=C(CN1C(=O)CSC1=S)N1CCN(c2ncccn2)CC1. The maximum absolute atomic E-state index is 12.3. The Morgan fingerprint density at radius 2 is 1.91 bits per heavy atom. The molecule has 2 fully saturated rings. The molecule has 0 radical (unpaired) electrons. The van der Waals surface area contributed by atoms with Crippen molar-refractivity contribution in [2.45, 2.75) is 0 Å². The van der Waals surface area contributed by atoms with Gasteiger partial charge in [0, 0.05) is 38.6 Å². The van der Waals surface area contributed by atoms with Gasteiger partial charge in [0.15, 0.2) is 0 Å². The Morgan fingerprint density at radius 1 is 1.23 bits per heavy atom. The molecule has 0 atom stereocenters. The summed E-state index contributed by atoms with van der Waals surface area (Å²) in [5.74, 6) is 0.874. The molecule has 9 heteroatoms. The lowest BCUT2D eigenvalue weighted by Gasteiger charge is -2.35. The number of hydrogen-bond donors (Lipinski definition) is 0. The summed E-state index contributed by atoms with van der Waals surface area (Å²) in [4.78, 5) is 37.6. The van der Waals surface area contributed by atoms with Crippen molar-refractivity contribution >= 4 is 46.1 Å². The largest absolute Gasteiger partial charge is 0.338 e. The predicted octanol–water partition coefficient (Wildman–Crippen LogP) is -0.0145. The molecule has 0 saturated carbocycles. The first-order valence-corrected chi connectivity index (χ1v) is 8.31. The minimum atomic E-state index is -0.0836.